The summed E-state index contributed by atoms with van der Waals surface area (Å²) in [6.07, 6.45) is 5.91. The molecule has 1 N–H and O–H groups in total. The van der Waals surface area contributed by atoms with E-state index in [9.17, 15) is 13.2 Å². The fourth-order valence-electron chi connectivity index (χ4n) is 2.61. The molecule has 6 heteroatoms. The third kappa shape index (κ3) is 5.43. The van der Waals surface area contributed by atoms with Crippen molar-refractivity contribution in [3.05, 3.63) is 65.7 Å². The van der Waals surface area contributed by atoms with Crippen molar-refractivity contribution in [3.8, 4) is 12.3 Å². The lowest BCUT2D eigenvalue weighted by Crippen LogP contribution is -2.38. The van der Waals surface area contributed by atoms with E-state index in [1.54, 1.807) is 17.0 Å². The lowest BCUT2D eigenvalue weighted by Gasteiger charge is -2.29. The topological polar surface area (TPSA) is 66.5 Å². The van der Waals surface area contributed by atoms with E-state index < -0.39 is 10.0 Å². The molecule has 0 aliphatic heterocycles. The molecule has 0 fully saturated rings. The highest BCUT2D eigenvalue weighted by molar-refractivity contribution is 7.89. The van der Waals surface area contributed by atoms with Crippen LogP contribution in [0.1, 0.15) is 36.2 Å². The number of benzene rings is 2. The van der Waals surface area contributed by atoms with Crippen molar-refractivity contribution in [2.75, 3.05) is 6.54 Å². The molecule has 0 saturated carbocycles. The van der Waals surface area contributed by atoms with Gasteiger partial charge in [0.15, 0.2) is 0 Å². The summed E-state index contributed by atoms with van der Waals surface area (Å²) in [7, 11) is -3.75. The first-order valence-corrected chi connectivity index (χ1v) is 10.3. The molecule has 5 nitrogen and oxygen atoms in total. The third-order valence-corrected chi connectivity index (χ3v) is 5.73. The van der Waals surface area contributed by atoms with Crippen LogP contribution < -0.4 is 4.72 Å². The second-order valence-electron chi connectivity index (χ2n) is 6.23. The third-order valence-electron chi connectivity index (χ3n) is 4.34. The van der Waals surface area contributed by atoms with E-state index in [2.05, 4.69) is 10.6 Å². The fourth-order valence-corrected chi connectivity index (χ4v) is 3.59. The summed E-state index contributed by atoms with van der Waals surface area (Å²) in [6, 6.07) is 15.8. The van der Waals surface area contributed by atoms with Crippen molar-refractivity contribution >= 4 is 15.9 Å². The Hall–Kier alpha value is -2.62. The Morgan fingerprint density at radius 1 is 1.19 bits per heavy atom. The van der Waals surface area contributed by atoms with Crippen molar-refractivity contribution in [2.45, 2.75) is 37.8 Å². The highest BCUT2D eigenvalue weighted by Crippen LogP contribution is 2.18. The molecule has 0 aromatic heterocycles. The quantitative estimate of drug-likeness (QED) is 0.712. The van der Waals surface area contributed by atoms with Crippen LogP contribution in [0, 0.1) is 12.3 Å². The number of nitrogens with zero attached hydrogens (tertiary/aromatic N) is 1. The lowest BCUT2D eigenvalue weighted by atomic mass is 10.1. The summed E-state index contributed by atoms with van der Waals surface area (Å²) in [5.74, 6) is 2.03. The predicted molar refractivity (Wildman–Crippen MR) is 107 cm³/mol. The van der Waals surface area contributed by atoms with E-state index in [0.717, 1.165) is 12.0 Å². The zero-order valence-corrected chi connectivity index (χ0v) is 16.4. The van der Waals surface area contributed by atoms with Crippen LogP contribution in [0.4, 0.5) is 0 Å². The van der Waals surface area contributed by atoms with Crippen LogP contribution >= 0.6 is 0 Å². The number of rotatable bonds is 8. The summed E-state index contributed by atoms with van der Waals surface area (Å²) < 4.78 is 26.9. The van der Waals surface area contributed by atoms with Crippen LogP contribution in [0.3, 0.4) is 0 Å². The molecule has 1 atom stereocenters. The molecule has 0 saturated heterocycles. The highest BCUT2D eigenvalue weighted by atomic mass is 32.2. The first-order valence-electron chi connectivity index (χ1n) is 8.77. The van der Waals surface area contributed by atoms with Crippen LogP contribution in [0.2, 0.25) is 0 Å². The van der Waals surface area contributed by atoms with E-state index >= 15 is 0 Å². The molecule has 27 heavy (non-hydrogen) atoms. The molecular weight excluding hydrogens is 360 g/mol. The van der Waals surface area contributed by atoms with Crippen LogP contribution in [-0.2, 0) is 16.6 Å². The van der Waals surface area contributed by atoms with E-state index in [-0.39, 0.29) is 23.4 Å². The van der Waals surface area contributed by atoms with Gasteiger partial charge in [0.1, 0.15) is 0 Å². The number of hydrogen-bond donors (Lipinski definition) is 1. The first-order chi connectivity index (χ1) is 12.9. The molecule has 142 valence electrons. The van der Waals surface area contributed by atoms with Gasteiger partial charge in [-0.2, -0.15) is 4.72 Å². The number of terminal acetylenes is 1. The average Bonchev–Trinajstić information content (AvgIpc) is 2.70. The van der Waals surface area contributed by atoms with Gasteiger partial charge in [-0.05, 0) is 37.1 Å². The molecule has 2 rings (SSSR count). The molecule has 0 heterocycles. The van der Waals surface area contributed by atoms with Crippen LogP contribution in [0.25, 0.3) is 0 Å². The van der Waals surface area contributed by atoms with Crippen LogP contribution in [-0.4, -0.2) is 31.8 Å². The van der Waals surface area contributed by atoms with Gasteiger partial charge in [0.25, 0.3) is 5.91 Å². The molecule has 0 spiro atoms. The molecule has 2 aromatic rings. The van der Waals surface area contributed by atoms with Gasteiger partial charge in [0.05, 0.1) is 11.4 Å². The van der Waals surface area contributed by atoms with Crippen LogP contribution in [0.5, 0.6) is 0 Å². The number of carbonyl (C=O) groups is 1. The SMILES string of the molecule is C#CCNS(=O)(=O)c1cccc(C(=O)N(Cc2ccccc2)C(C)CC)c1. The van der Waals surface area contributed by atoms with E-state index in [0.29, 0.717) is 12.1 Å². The van der Waals surface area contributed by atoms with Gasteiger partial charge >= 0.3 is 0 Å². The van der Waals surface area contributed by atoms with Gasteiger partial charge in [-0.3, -0.25) is 4.79 Å². The summed E-state index contributed by atoms with van der Waals surface area (Å²) in [5, 5.41) is 0. The molecule has 1 amide bonds. The minimum absolute atomic E-state index is 0.0116. The Kier molecular flexibility index (Phi) is 7.17. The maximum atomic E-state index is 13.1. The van der Waals surface area contributed by atoms with Crippen molar-refractivity contribution in [1.29, 1.82) is 0 Å². The van der Waals surface area contributed by atoms with Gasteiger partial charge in [-0.1, -0.05) is 49.2 Å². The Morgan fingerprint density at radius 3 is 2.52 bits per heavy atom. The summed E-state index contributed by atoms with van der Waals surface area (Å²) in [5.41, 5.74) is 1.35. The predicted octanol–water partition coefficient (Wildman–Crippen LogP) is 3.04. The number of sulfonamides is 1. The normalized spacial score (nSPS) is 12.2. The van der Waals surface area contributed by atoms with Crippen molar-refractivity contribution < 1.29 is 13.2 Å². The summed E-state index contributed by atoms with van der Waals surface area (Å²) in [4.78, 5) is 14.9. The Balaban J connectivity index is 2.32. The second kappa shape index (κ2) is 9.36. The van der Waals surface area contributed by atoms with Crippen molar-refractivity contribution in [1.82, 2.24) is 9.62 Å². The number of hydrogen-bond acceptors (Lipinski definition) is 3. The fraction of sp³-hybridized carbons (Fsp3) is 0.286. The lowest BCUT2D eigenvalue weighted by molar-refractivity contribution is 0.0671. The molecular formula is C21H24N2O3S. The maximum absolute atomic E-state index is 13.1. The van der Waals surface area contributed by atoms with Gasteiger partial charge in [-0.25, -0.2) is 8.42 Å². The Morgan fingerprint density at radius 2 is 1.89 bits per heavy atom. The zero-order valence-electron chi connectivity index (χ0n) is 15.6. The number of carbonyl (C=O) groups excluding carboxylic acids is 1. The van der Waals surface area contributed by atoms with Gasteiger partial charge in [-0.15, -0.1) is 6.42 Å². The van der Waals surface area contributed by atoms with Crippen LogP contribution in [0.15, 0.2) is 59.5 Å². The highest BCUT2D eigenvalue weighted by Gasteiger charge is 2.22. The first kappa shape index (κ1) is 20.7. The Bertz CT molecular complexity index is 918. The largest absolute Gasteiger partial charge is 0.332 e. The number of nitrogens with one attached hydrogen (secondary N) is 1. The molecule has 0 bridgehead atoms. The minimum atomic E-state index is -3.75. The zero-order chi connectivity index (χ0) is 19.9. The van der Waals surface area contributed by atoms with E-state index in [1.165, 1.54) is 12.1 Å². The summed E-state index contributed by atoms with van der Waals surface area (Å²) in [6.45, 7) is 4.35. The molecule has 0 radical (unpaired) electrons. The molecule has 2 aromatic carbocycles. The monoisotopic (exact) mass is 384 g/mol. The molecule has 1 unspecified atom stereocenters. The van der Waals surface area contributed by atoms with Crippen molar-refractivity contribution in [2.24, 2.45) is 0 Å². The second-order valence-corrected chi connectivity index (χ2v) is 8.00. The average molecular weight is 385 g/mol. The van der Waals surface area contributed by atoms with E-state index in [4.69, 9.17) is 6.42 Å². The molecule has 0 aliphatic rings. The smallest absolute Gasteiger partial charge is 0.254 e. The molecule has 0 aliphatic carbocycles. The minimum Gasteiger partial charge on any atom is -0.332 e. The maximum Gasteiger partial charge on any atom is 0.254 e. The van der Waals surface area contributed by atoms with Gasteiger partial charge in [0.2, 0.25) is 10.0 Å². The van der Waals surface area contributed by atoms with E-state index in [1.807, 2.05) is 44.2 Å². The standard InChI is InChI=1S/C21H24N2O3S/c1-4-14-22-27(25,26)20-13-9-12-19(15-20)21(24)23(17(3)5-2)16-18-10-7-6-8-11-18/h1,6-13,15,17,22H,5,14,16H2,2-3H3. The summed E-state index contributed by atoms with van der Waals surface area (Å²) >= 11 is 0. The number of amides is 1. The van der Waals surface area contributed by atoms with Gasteiger partial charge < -0.3 is 4.90 Å². The Labute approximate surface area is 161 Å². The van der Waals surface area contributed by atoms with Crippen molar-refractivity contribution in [3.63, 3.8) is 0 Å². The van der Waals surface area contributed by atoms with Gasteiger partial charge in [0, 0.05) is 18.2 Å².